The highest BCUT2D eigenvalue weighted by molar-refractivity contribution is 5.54. The Balaban J connectivity index is 2.04. The Bertz CT molecular complexity index is 649. The van der Waals surface area contributed by atoms with Gasteiger partial charge in [-0.25, -0.2) is 0 Å². The molecule has 0 fully saturated rings. The first kappa shape index (κ1) is 13.7. The number of fused-ring (bicyclic) bond motifs is 2. The van der Waals surface area contributed by atoms with Gasteiger partial charge in [-0.3, -0.25) is 0 Å². The van der Waals surface area contributed by atoms with E-state index >= 15 is 0 Å². The van der Waals surface area contributed by atoms with Crippen molar-refractivity contribution in [2.45, 2.75) is 13.0 Å². The Morgan fingerprint density at radius 2 is 1.95 bits per heavy atom. The maximum absolute atomic E-state index is 5.96. The van der Waals surface area contributed by atoms with Crippen LogP contribution >= 0.6 is 0 Å². The largest absolute Gasteiger partial charge is 0.494 e. The standard InChI is InChI=1S/C18H18O3/c1-3-11-20-18-14-7-5-6-8-16(14)21-17-10-9-13(19-4-2)12-15(17)18/h3,5-10,12,18H,1,4,11H2,2H3. The van der Waals surface area contributed by atoms with Gasteiger partial charge < -0.3 is 14.2 Å². The average Bonchev–Trinajstić information content (AvgIpc) is 2.52. The molecule has 3 heteroatoms. The molecule has 1 unspecified atom stereocenters. The molecule has 0 aliphatic carbocycles. The summed E-state index contributed by atoms with van der Waals surface area (Å²) in [6.45, 7) is 6.81. The molecule has 1 aliphatic heterocycles. The van der Waals surface area contributed by atoms with Crippen LogP contribution < -0.4 is 9.47 Å². The van der Waals surface area contributed by atoms with Crippen LogP contribution in [0.25, 0.3) is 0 Å². The molecule has 0 aromatic heterocycles. The van der Waals surface area contributed by atoms with E-state index in [4.69, 9.17) is 14.2 Å². The monoisotopic (exact) mass is 282 g/mol. The first-order valence-electron chi connectivity index (χ1n) is 7.09. The van der Waals surface area contributed by atoms with E-state index in [1.165, 1.54) is 0 Å². The highest BCUT2D eigenvalue weighted by atomic mass is 16.5. The van der Waals surface area contributed by atoms with Gasteiger partial charge in [-0.05, 0) is 31.2 Å². The van der Waals surface area contributed by atoms with Gasteiger partial charge in [0.05, 0.1) is 13.2 Å². The van der Waals surface area contributed by atoms with E-state index in [-0.39, 0.29) is 6.10 Å². The Labute approximate surface area is 124 Å². The van der Waals surface area contributed by atoms with Crippen LogP contribution in [0, 0.1) is 0 Å². The van der Waals surface area contributed by atoms with Gasteiger partial charge >= 0.3 is 0 Å². The summed E-state index contributed by atoms with van der Waals surface area (Å²) in [4.78, 5) is 0. The molecule has 108 valence electrons. The van der Waals surface area contributed by atoms with Crippen molar-refractivity contribution < 1.29 is 14.2 Å². The van der Waals surface area contributed by atoms with E-state index in [0.717, 1.165) is 28.4 Å². The zero-order chi connectivity index (χ0) is 14.7. The Morgan fingerprint density at radius 3 is 2.76 bits per heavy atom. The summed E-state index contributed by atoms with van der Waals surface area (Å²) in [5.41, 5.74) is 2.02. The number of benzene rings is 2. The molecule has 0 saturated carbocycles. The van der Waals surface area contributed by atoms with Crippen molar-refractivity contribution in [3.05, 3.63) is 66.2 Å². The Kier molecular flexibility index (Phi) is 3.93. The maximum Gasteiger partial charge on any atom is 0.133 e. The van der Waals surface area contributed by atoms with Crippen LogP contribution in [-0.4, -0.2) is 13.2 Å². The van der Waals surface area contributed by atoms with Crippen LogP contribution in [0.3, 0.4) is 0 Å². The molecule has 1 aliphatic rings. The minimum Gasteiger partial charge on any atom is -0.494 e. The van der Waals surface area contributed by atoms with Crippen molar-refractivity contribution in [3.8, 4) is 17.2 Å². The van der Waals surface area contributed by atoms with Gasteiger partial charge in [0, 0.05) is 11.1 Å². The molecule has 0 spiro atoms. The van der Waals surface area contributed by atoms with E-state index in [1.54, 1.807) is 6.08 Å². The SMILES string of the molecule is C=CCOC1c2ccccc2Oc2ccc(OCC)cc21. The summed E-state index contributed by atoms with van der Waals surface area (Å²) in [5, 5.41) is 0. The molecule has 2 aromatic rings. The molecule has 0 saturated heterocycles. The number of rotatable bonds is 5. The maximum atomic E-state index is 5.96. The molecule has 2 aromatic carbocycles. The Hall–Kier alpha value is -2.26. The van der Waals surface area contributed by atoms with E-state index in [9.17, 15) is 0 Å². The van der Waals surface area contributed by atoms with Gasteiger partial charge in [0.1, 0.15) is 23.4 Å². The van der Waals surface area contributed by atoms with E-state index in [1.807, 2.05) is 49.4 Å². The zero-order valence-corrected chi connectivity index (χ0v) is 12.0. The highest BCUT2D eigenvalue weighted by Crippen LogP contribution is 2.45. The van der Waals surface area contributed by atoms with Crippen LogP contribution in [0.1, 0.15) is 24.2 Å². The van der Waals surface area contributed by atoms with Crippen molar-refractivity contribution >= 4 is 0 Å². The average molecular weight is 282 g/mol. The zero-order valence-electron chi connectivity index (χ0n) is 12.0. The molecule has 1 atom stereocenters. The van der Waals surface area contributed by atoms with Crippen LogP contribution in [0.4, 0.5) is 0 Å². The second-order valence-electron chi connectivity index (χ2n) is 4.77. The third kappa shape index (κ3) is 2.65. The predicted octanol–water partition coefficient (Wildman–Crippen LogP) is 4.48. The van der Waals surface area contributed by atoms with Crippen molar-refractivity contribution in [2.75, 3.05) is 13.2 Å². The molecule has 1 heterocycles. The van der Waals surface area contributed by atoms with Gasteiger partial charge in [0.25, 0.3) is 0 Å². The van der Waals surface area contributed by atoms with Gasteiger partial charge in [0.2, 0.25) is 0 Å². The van der Waals surface area contributed by atoms with Crippen molar-refractivity contribution in [3.63, 3.8) is 0 Å². The third-order valence-corrected chi connectivity index (χ3v) is 3.38. The van der Waals surface area contributed by atoms with Crippen molar-refractivity contribution in [1.29, 1.82) is 0 Å². The molecule has 3 rings (SSSR count). The first-order valence-corrected chi connectivity index (χ1v) is 7.09. The molecule has 0 bridgehead atoms. The summed E-state index contributed by atoms with van der Waals surface area (Å²) in [5.74, 6) is 2.47. The molecule has 0 radical (unpaired) electrons. The number of para-hydroxylation sites is 1. The fourth-order valence-electron chi connectivity index (χ4n) is 2.50. The second kappa shape index (κ2) is 6.02. The van der Waals surface area contributed by atoms with Gasteiger partial charge in [-0.15, -0.1) is 6.58 Å². The summed E-state index contributed by atoms with van der Waals surface area (Å²) >= 11 is 0. The number of hydrogen-bond acceptors (Lipinski definition) is 3. The van der Waals surface area contributed by atoms with Gasteiger partial charge in [0.15, 0.2) is 0 Å². The minimum atomic E-state index is -0.164. The van der Waals surface area contributed by atoms with E-state index < -0.39 is 0 Å². The first-order chi connectivity index (χ1) is 10.3. The second-order valence-corrected chi connectivity index (χ2v) is 4.77. The van der Waals surface area contributed by atoms with E-state index in [2.05, 4.69) is 6.58 Å². The molecule has 21 heavy (non-hydrogen) atoms. The van der Waals surface area contributed by atoms with E-state index in [0.29, 0.717) is 13.2 Å². The molecular formula is C18H18O3. The number of hydrogen-bond donors (Lipinski definition) is 0. The summed E-state index contributed by atoms with van der Waals surface area (Å²) in [6, 6.07) is 13.8. The molecule has 0 amide bonds. The van der Waals surface area contributed by atoms with Crippen molar-refractivity contribution in [1.82, 2.24) is 0 Å². The summed E-state index contributed by atoms with van der Waals surface area (Å²) < 4.78 is 17.5. The fourth-order valence-corrected chi connectivity index (χ4v) is 2.50. The fraction of sp³-hybridized carbons (Fsp3) is 0.222. The Morgan fingerprint density at radius 1 is 1.14 bits per heavy atom. The lowest BCUT2D eigenvalue weighted by Gasteiger charge is -2.28. The lowest BCUT2D eigenvalue weighted by atomic mass is 9.96. The van der Waals surface area contributed by atoms with Gasteiger partial charge in [-0.2, -0.15) is 0 Å². The van der Waals surface area contributed by atoms with Crippen LogP contribution in [-0.2, 0) is 4.74 Å². The molecular weight excluding hydrogens is 264 g/mol. The van der Waals surface area contributed by atoms with Crippen LogP contribution in [0.2, 0.25) is 0 Å². The normalized spacial score (nSPS) is 15.6. The lowest BCUT2D eigenvalue weighted by Crippen LogP contribution is -2.13. The smallest absolute Gasteiger partial charge is 0.133 e. The minimum absolute atomic E-state index is 0.164. The highest BCUT2D eigenvalue weighted by Gasteiger charge is 2.28. The number of ether oxygens (including phenoxy) is 3. The lowest BCUT2D eigenvalue weighted by molar-refractivity contribution is 0.0959. The molecule has 3 nitrogen and oxygen atoms in total. The summed E-state index contributed by atoms with van der Waals surface area (Å²) in [6.07, 6.45) is 1.59. The predicted molar refractivity (Wildman–Crippen MR) is 82.1 cm³/mol. The third-order valence-electron chi connectivity index (χ3n) is 3.38. The van der Waals surface area contributed by atoms with Crippen LogP contribution in [0.15, 0.2) is 55.1 Å². The van der Waals surface area contributed by atoms with Crippen LogP contribution in [0.5, 0.6) is 17.2 Å². The quantitative estimate of drug-likeness (QED) is 0.757. The van der Waals surface area contributed by atoms with Crippen molar-refractivity contribution in [2.24, 2.45) is 0 Å². The summed E-state index contributed by atoms with van der Waals surface area (Å²) in [7, 11) is 0. The van der Waals surface area contributed by atoms with Gasteiger partial charge in [-0.1, -0.05) is 24.3 Å². The topological polar surface area (TPSA) is 27.7 Å². The molecule has 0 N–H and O–H groups in total.